The number of rotatable bonds is 5. The first-order chi connectivity index (χ1) is 10.0. The van der Waals surface area contributed by atoms with Crippen molar-refractivity contribution in [3.05, 3.63) is 51.2 Å². The van der Waals surface area contributed by atoms with Gasteiger partial charge in [-0.1, -0.05) is 11.6 Å². The molecule has 0 unspecified atom stereocenters. The summed E-state index contributed by atoms with van der Waals surface area (Å²) >= 11 is 5.79. The third-order valence-electron chi connectivity index (χ3n) is 2.97. The van der Waals surface area contributed by atoms with E-state index in [0.717, 1.165) is 5.69 Å². The van der Waals surface area contributed by atoms with Gasteiger partial charge in [-0.25, -0.2) is 0 Å². The van der Waals surface area contributed by atoms with Crippen molar-refractivity contribution in [3.8, 4) is 0 Å². The van der Waals surface area contributed by atoms with E-state index < -0.39 is 17.5 Å². The molecular weight excluding hydrogens is 296 g/mol. The molecule has 21 heavy (non-hydrogen) atoms. The van der Waals surface area contributed by atoms with Crippen LogP contribution >= 0.6 is 11.6 Å². The fourth-order valence-electron chi connectivity index (χ4n) is 1.96. The van der Waals surface area contributed by atoms with Gasteiger partial charge in [-0.3, -0.25) is 14.3 Å². The monoisotopic (exact) mass is 310 g/mol. The zero-order chi connectivity index (χ0) is 15.4. The maximum Gasteiger partial charge on any atom is 0.260 e. The molecule has 7 nitrogen and oxygen atoms in total. The van der Waals surface area contributed by atoms with Gasteiger partial charge in [0.25, 0.3) is 11.5 Å². The smallest absolute Gasteiger partial charge is 0.260 e. The van der Waals surface area contributed by atoms with E-state index >= 15 is 0 Å². The van der Waals surface area contributed by atoms with E-state index in [1.807, 2.05) is 0 Å². The van der Waals surface area contributed by atoms with Gasteiger partial charge in [0.1, 0.15) is 5.56 Å². The minimum absolute atomic E-state index is 0.0502. The number of ether oxygens (including phenoxy) is 1. The Bertz CT molecular complexity index is 695. The van der Waals surface area contributed by atoms with Crippen molar-refractivity contribution in [1.82, 2.24) is 20.1 Å². The van der Waals surface area contributed by atoms with E-state index in [9.17, 15) is 9.59 Å². The van der Waals surface area contributed by atoms with Crippen LogP contribution in [0.15, 0.2) is 29.3 Å². The third-order valence-corrected chi connectivity index (χ3v) is 3.19. The standard InChI is InChI=1S/C13H15ClN4O3/c1-18-11(3-4-16-18)10(7-21-2)17-13(20)9-5-8(14)6-15-12(9)19/h3-6,10H,7H2,1-2H3,(H,15,19)(H,17,20)/t10-/m1/s1. The maximum absolute atomic E-state index is 12.2. The predicted octanol–water partition coefficient (Wildman–Crippen LogP) is 0.879. The first-order valence-electron chi connectivity index (χ1n) is 6.19. The summed E-state index contributed by atoms with van der Waals surface area (Å²) in [6, 6.07) is 2.67. The lowest BCUT2D eigenvalue weighted by atomic mass is 10.2. The molecule has 2 rings (SSSR count). The van der Waals surface area contributed by atoms with Crippen LogP contribution in [0.5, 0.6) is 0 Å². The Morgan fingerprint density at radius 2 is 2.38 bits per heavy atom. The Morgan fingerprint density at radius 3 is 3.00 bits per heavy atom. The molecule has 0 saturated carbocycles. The minimum Gasteiger partial charge on any atom is -0.382 e. The molecule has 1 amide bonds. The van der Waals surface area contributed by atoms with Crippen LogP contribution in [0.2, 0.25) is 5.02 Å². The number of hydrogen-bond donors (Lipinski definition) is 2. The number of carbonyl (C=O) groups is 1. The molecule has 2 heterocycles. The summed E-state index contributed by atoms with van der Waals surface area (Å²) in [5.74, 6) is -0.526. The summed E-state index contributed by atoms with van der Waals surface area (Å²) in [4.78, 5) is 26.3. The first kappa shape index (κ1) is 15.3. The number of pyridine rings is 1. The van der Waals surface area contributed by atoms with E-state index in [-0.39, 0.29) is 17.2 Å². The molecule has 0 aromatic carbocycles. The molecule has 0 fully saturated rings. The predicted molar refractivity (Wildman–Crippen MR) is 77.4 cm³/mol. The highest BCUT2D eigenvalue weighted by molar-refractivity contribution is 6.30. The molecule has 0 saturated heterocycles. The average molecular weight is 311 g/mol. The summed E-state index contributed by atoms with van der Waals surface area (Å²) in [6.45, 7) is 0.254. The number of halogens is 1. The largest absolute Gasteiger partial charge is 0.382 e. The Balaban J connectivity index is 2.25. The SMILES string of the molecule is COC[C@@H](NC(=O)c1cc(Cl)c[nH]c1=O)c1ccnn1C. The Hall–Kier alpha value is -2.12. The number of carbonyl (C=O) groups excluding carboxylic acids is 1. The minimum atomic E-state index is -0.526. The quantitative estimate of drug-likeness (QED) is 0.858. The number of methoxy groups -OCH3 is 1. The van der Waals surface area contributed by atoms with Gasteiger partial charge in [0.05, 0.1) is 23.4 Å². The average Bonchev–Trinajstić information content (AvgIpc) is 2.87. The van der Waals surface area contributed by atoms with E-state index in [4.69, 9.17) is 16.3 Å². The number of aromatic nitrogens is 3. The Morgan fingerprint density at radius 1 is 1.62 bits per heavy atom. The van der Waals surface area contributed by atoms with Crippen molar-refractivity contribution >= 4 is 17.5 Å². The lowest BCUT2D eigenvalue weighted by molar-refractivity contribution is 0.0891. The molecule has 0 aliphatic heterocycles. The summed E-state index contributed by atoms with van der Waals surface area (Å²) in [7, 11) is 3.29. The number of hydrogen-bond acceptors (Lipinski definition) is 4. The number of H-pyrrole nitrogens is 1. The fraction of sp³-hybridized carbons (Fsp3) is 0.308. The molecule has 8 heteroatoms. The van der Waals surface area contributed by atoms with E-state index in [1.165, 1.54) is 19.4 Å². The van der Waals surface area contributed by atoms with Gasteiger partial charge in [-0.15, -0.1) is 0 Å². The molecule has 2 aromatic rings. The van der Waals surface area contributed by atoms with Gasteiger partial charge in [-0.2, -0.15) is 5.10 Å². The van der Waals surface area contributed by atoms with Crippen LogP contribution in [-0.2, 0) is 11.8 Å². The lowest BCUT2D eigenvalue weighted by Gasteiger charge is -2.18. The van der Waals surface area contributed by atoms with Crippen molar-refractivity contribution in [2.24, 2.45) is 7.05 Å². The third kappa shape index (κ3) is 3.50. The van der Waals surface area contributed by atoms with Crippen LogP contribution in [0.4, 0.5) is 0 Å². The van der Waals surface area contributed by atoms with Crippen LogP contribution in [0.1, 0.15) is 22.1 Å². The molecule has 0 spiro atoms. The molecule has 0 bridgehead atoms. The highest BCUT2D eigenvalue weighted by Crippen LogP contribution is 2.13. The highest BCUT2D eigenvalue weighted by Gasteiger charge is 2.20. The highest BCUT2D eigenvalue weighted by atomic mass is 35.5. The zero-order valence-electron chi connectivity index (χ0n) is 11.6. The summed E-state index contributed by atoms with van der Waals surface area (Å²) in [5, 5.41) is 7.08. The Labute approximate surface area is 125 Å². The number of nitrogens with zero attached hydrogens (tertiary/aromatic N) is 2. The molecule has 2 aromatic heterocycles. The fourth-order valence-corrected chi connectivity index (χ4v) is 2.12. The van der Waals surface area contributed by atoms with Crippen LogP contribution in [-0.4, -0.2) is 34.4 Å². The maximum atomic E-state index is 12.2. The van der Waals surface area contributed by atoms with Crippen LogP contribution in [0.25, 0.3) is 0 Å². The van der Waals surface area contributed by atoms with Crippen molar-refractivity contribution in [1.29, 1.82) is 0 Å². The molecule has 0 aliphatic carbocycles. The molecule has 2 N–H and O–H groups in total. The van der Waals surface area contributed by atoms with Crippen LogP contribution in [0, 0.1) is 0 Å². The normalized spacial score (nSPS) is 12.1. The van der Waals surface area contributed by atoms with Gasteiger partial charge in [0, 0.05) is 26.6 Å². The van der Waals surface area contributed by atoms with Crippen LogP contribution in [0.3, 0.4) is 0 Å². The van der Waals surface area contributed by atoms with E-state index in [1.54, 1.807) is 24.0 Å². The second-order valence-corrected chi connectivity index (χ2v) is 4.86. The van der Waals surface area contributed by atoms with Crippen molar-refractivity contribution < 1.29 is 9.53 Å². The number of aryl methyl sites for hydroxylation is 1. The number of aromatic amines is 1. The topological polar surface area (TPSA) is 89.0 Å². The molecule has 0 radical (unpaired) electrons. The molecular formula is C13H15ClN4O3. The van der Waals surface area contributed by atoms with Crippen molar-refractivity contribution in [2.45, 2.75) is 6.04 Å². The van der Waals surface area contributed by atoms with Gasteiger partial charge >= 0.3 is 0 Å². The zero-order valence-corrected chi connectivity index (χ0v) is 12.3. The second kappa shape index (κ2) is 6.55. The van der Waals surface area contributed by atoms with Gasteiger partial charge in [0.2, 0.25) is 0 Å². The van der Waals surface area contributed by atoms with Crippen molar-refractivity contribution in [2.75, 3.05) is 13.7 Å². The van der Waals surface area contributed by atoms with E-state index in [2.05, 4.69) is 15.4 Å². The summed E-state index contributed by atoms with van der Waals surface area (Å²) < 4.78 is 6.74. The van der Waals surface area contributed by atoms with Gasteiger partial charge in [0.15, 0.2) is 0 Å². The number of amides is 1. The van der Waals surface area contributed by atoms with E-state index in [0.29, 0.717) is 0 Å². The molecule has 1 atom stereocenters. The van der Waals surface area contributed by atoms with Crippen molar-refractivity contribution in [3.63, 3.8) is 0 Å². The Kier molecular flexibility index (Phi) is 4.77. The first-order valence-corrected chi connectivity index (χ1v) is 6.56. The molecule has 0 aliphatic rings. The summed E-state index contributed by atoms with van der Waals surface area (Å²) in [5.41, 5.74) is 0.215. The van der Waals surface area contributed by atoms with Gasteiger partial charge < -0.3 is 15.0 Å². The second-order valence-electron chi connectivity index (χ2n) is 4.42. The lowest BCUT2D eigenvalue weighted by Crippen LogP contribution is -2.35. The van der Waals surface area contributed by atoms with Gasteiger partial charge in [-0.05, 0) is 12.1 Å². The molecule has 112 valence electrons. The summed E-state index contributed by atoms with van der Waals surface area (Å²) in [6.07, 6.45) is 2.95. The number of nitrogens with one attached hydrogen (secondary N) is 2. The van der Waals surface area contributed by atoms with Crippen LogP contribution < -0.4 is 10.9 Å².